The molecule has 0 saturated carbocycles. The summed E-state index contributed by atoms with van der Waals surface area (Å²) in [4.78, 5) is 4.65. The van der Waals surface area contributed by atoms with E-state index in [1.54, 1.807) is 0 Å². The van der Waals surface area contributed by atoms with Gasteiger partial charge in [0, 0.05) is 18.4 Å². The van der Waals surface area contributed by atoms with Crippen molar-refractivity contribution < 1.29 is 0 Å². The van der Waals surface area contributed by atoms with Crippen LogP contribution < -0.4 is 11.1 Å². The molecule has 0 aliphatic carbocycles. The number of nitrogens with two attached hydrogens (primary N) is 1. The second-order valence-corrected chi connectivity index (χ2v) is 5.85. The van der Waals surface area contributed by atoms with Crippen LogP contribution in [0.3, 0.4) is 0 Å². The van der Waals surface area contributed by atoms with Gasteiger partial charge < -0.3 is 15.5 Å². The molecule has 114 valence electrons. The fraction of sp³-hybridized carbons (Fsp3) is 0.278. The van der Waals surface area contributed by atoms with E-state index in [4.69, 9.17) is 5.73 Å². The zero-order valence-corrected chi connectivity index (χ0v) is 13.6. The van der Waals surface area contributed by atoms with E-state index in [9.17, 15) is 0 Å². The van der Waals surface area contributed by atoms with Crippen LogP contribution in [-0.2, 0) is 6.54 Å². The fourth-order valence-electron chi connectivity index (χ4n) is 2.84. The SMILES string of the molecule is Cc1cccc(C)c1CNc1c(N)ccn2c(C)c(C)nc12. The van der Waals surface area contributed by atoms with Crippen molar-refractivity contribution in [1.29, 1.82) is 0 Å². The maximum Gasteiger partial charge on any atom is 0.162 e. The molecule has 0 amide bonds. The Balaban J connectivity index is 2.01. The maximum absolute atomic E-state index is 6.17. The zero-order valence-electron chi connectivity index (χ0n) is 13.6. The van der Waals surface area contributed by atoms with E-state index in [2.05, 4.69) is 53.7 Å². The number of pyridine rings is 1. The van der Waals surface area contributed by atoms with Crippen molar-refractivity contribution in [3.8, 4) is 0 Å². The Kier molecular flexibility index (Phi) is 3.53. The molecular formula is C18H22N4. The quantitative estimate of drug-likeness (QED) is 0.773. The second kappa shape index (κ2) is 5.37. The molecule has 0 fully saturated rings. The minimum Gasteiger partial charge on any atom is -0.397 e. The molecule has 3 aromatic rings. The first-order chi connectivity index (χ1) is 10.5. The molecular weight excluding hydrogens is 272 g/mol. The number of anilines is 2. The molecule has 3 N–H and O–H groups in total. The molecule has 0 bridgehead atoms. The lowest BCUT2D eigenvalue weighted by atomic mass is 10.0. The van der Waals surface area contributed by atoms with E-state index in [1.807, 2.05) is 19.2 Å². The average Bonchev–Trinajstić information content (AvgIpc) is 2.76. The summed E-state index contributed by atoms with van der Waals surface area (Å²) in [6.07, 6.45) is 1.98. The van der Waals surface area contributed by atoms with Gasteiger partial charge in [-0.15, -0.1) is 0 Å². The minimum atomic E-state index is 0.726. The predicted molar refractivity (Wildman–Crippen MR) is 92.3 cm³/mol. The number of imidazole rings is 1. The molecule has 3 rings (SSSR count). The second-order valence-electron chi connectivity index (χ2n) is 5.85. The van der Waals surface area contributed by atoms with Gasteiger partial charge in [-0.25, -0.2) is 4.98 Å². The molecule has 22 heavy (non-hydrogen) atoms. The number of hydrogen-bond donors (Lipinski definition) is 2. The highest BCUT2D eigenvalue weighted by atomic mass is 15.1. The van der Waals surface area contributed by atoms with Gasteiger partial charge >= 0.3 is 0 Å². The summed E-state index contributed by atoms with van der Waals surface area (Å²) >= 11 is 0. The minimum absolute atomic E-state index is 0.726. The van der Waals surface area contributed by atoms with Crippen molar-refractivity contribution in [3.63, 3.8) is 0 Å². The first kappa shape index (κ1) is 14.4. The van der Waals surface area contributed by atoms with Gasteiger partial charge in [0.15, 0.2) is 5.65 Å². The average molecular weight is 294 g/mol. The van der Waals surface area contributed by atoms with Crippen LogP contribution >= 0.6 is 0 Å². The maximum atomic E-state index is 6.17. The number of hydrogen-bond acceptors (Lipinski definition) is 3. The standard InChI is InChI=1S/C18H22N4/c1-11-6-5-7-12(2)15(11)10-20-17-16(19)8-9-22-14(4)13(3)21-18(17)22/h5-9,20H,10,19H2,1-4H3. The monoisotopic (exact) mass is 294 g/mol. The van der Waals surface area contributed by atoms with Crippen molar-refractivity contribution >= 4 is 17.0 Å². The van der Waals surface area contributed by atoms with Crippen LogP contribution in [0.15, 0.2) is 30.5 Å². The van der Waals surface area contributed by atoms with Crippen LogP contribution in [0.2, 0.25) is 0 Å². The van der Waals surface area contributed by atoms with Gasteiger partial charge in [0.05, 0.1) is 11.4 Å². The normalized spacial score (nSPS) is 11.1. The molecule has 1 aromatic carbocycles. The van der Waals surface area contributed by atoms with Gasteiger partial charge in [-0.3, -0.25) is 0 Å². The van der Waals surface area contributed by atoms with Gasteiger partial charge in [-0.2, -0.15) is 0 Å². The third kappa shape index (κ3) is 2.30. The Morgan fingerprint density at radius 2 is 1.77 bits per heavy atom. The van der Waals surface area contributed by atoms with Crippen molar-refractivity contribution in [2.24, 2.45) is 0 Å². The lowest BCUT2D eigenvalue weighted by Crippen LogP contribution is -2.07. The Hall–Kier alpha value is -2.49. The van der Waals surface area contributed by atoms with Gasteiger partial charge in [0.25, 0.3) is 0 Å². The molecule has 2 aromatic heterocycles. The summed E-state index contributed by atoms with van der Waals surface area (Å²) in [7, 11) is 0. The third-order valence-electron chi connectivity index (χ3n) is 4.39. The number of nitrogens with one attached hydrogen (secondary N) is 1. The van der Waals surface area contributed by atoms with Crippen LogP contribution in [-0.4, -0.2) is 9.38 Å². The highest BCUT2D eigenvalue weighted by Crippen LogP contribution is 2.27. The van der Waals surface area contributed by atoms with Crippen LogP contribution in [0.25, 0.3) is 5.65 Å². The van der Waals surface area contributed by atoms with Gasteiger partial charge in [-0.1, -0.05) is 18.2 Å². The lowest BCUT2D eigenvalue weighted by Gasteiger charge is -2.14. The number of nitrogen functional groups attached to an aromatic ring is 1. The fourth-order valence-corrected chi connectivity index (χ4v) is 2.84. The lowest BCUT2D eigenvalue weighted by molar-refractivity contribution is 1.07. The molecule has 0 spiro atoms. The molecule has 0 saturated heterocycles. The van der Waals surface area contributed by atoms with E-state index in [0.29, 0.717) is 0 Å². The summed E-state index contributed by atoms with van der Waals surface area (Å²) in [5, 5.41) is 3.49. The van der Waals surface area contributed by atoms with E-state index >= 15 is 0 Å². The molecule has 4 heteroatoms. The first-order valence-electron chi connectivity index (χ1n) is 7.51. The number of aryl methyl sites for hydroxylation is 4. The molecule has 0 aliphatic heterocycles. The van der Waals surface area contributed by atoms with Gasteiger partial charge in [-0.05, 0) is 50.5 Å². The summed E-state index contributed by atoms with van der Waals surface area (Å²) in [5.41, 5.74) is 14.7. The third-order valence-corrected chi connectivity index (χ3v) is 4.39. The number of nitrogens with zero attached hydrogens (tertiary/aromatic N) is 2. The van der Waals surface area contributed by atoms with Crippen molar-refractivity contribution in [2.45, 2.75) is 34.2 Å². The zero-order chi connectivity index (χ0) is 15.9. The molecule has 0 atom stereocenters. The topological polar surface area (TPSA) is 55.3 Å². The molecule has 0 aliphatic rings. The van der Waals surface area contributed by atoms with Crippen LogP contribution in [0.4, 0.5) is 11.4 Å². The van der Waals surface area contributed by atoms with E-state index in [1.165, 1.54) is 16.7 Å². The summed E-state index contributed by atoms with van der Waals surface area (Å²) in [6.45, 7) is 9.11. The van der Waals surface area contributed by atoms with E-state index < -0.39 is 0 Å². The van der Waals surface area contributed by atoms with Crippen LogP contribution in [0.1, 0.15) is 28.1 Å². The molecule has 4 nitrogen and oxygen atoms in total. The predicted octanol–water partition coefficient (Wildman–Crippen LogP) is 3.76. The number of fused-ring (bicyclic) bond motifs is 1. The number of benzene rings is 1. The van der Waals surface area contributed by atoms with Crippen molar-refractivity contribution in [3.05, 3.63) is 58.5 Å². The Morgan fingerprint density at radius 3 is 2.45 bits per heavy atom. The molecule has 2 heterocycles. The molecule has 0 unspecified atom stereocenters. The molecule has 0 radical (unpaired) electrons. The number of aromatic nitrogens is 2. The number of rotatable bonds is 3. The Bertz CT molecular complexity index is 826. The Morgan fingerprint density at radius 1 is 1.09 bits per heavy atom. The highest BCUT2D eigenvalue weighted by molar-refractivity contribution is 5.81. The summed E-state index contributed by atoms with van der Waals surface area (Å²) < 4.78 is 2.08. The van der Waals surface area contributed by atoms with E-state index in [-0.39, 0.29) is 0 Å². The Labute approximate surface area is 131 Å². The summed E-state index contributed by atoms with van der Waals surface area (Å²) in [6, 6.07) is 8.29. The largest absolute Gasteiger partial charge is 0.397 e. The van der Waals surface area contributed by atoms with Gasteiger partial charge in [0.2, 0.25) is 0 Å². The van der Waals surface area contributed by atoms with E-state index in [0.717, 1.165) is 35.0 Å². The van der Waals surface area contributed by atoms with Gasteiger partial charge in [0.1, 0.15) is 5.69 Å². The van der Waals surface area contributed by atoms with Crippen LogP contribution in [0, 0.1) is 27.7 Å². The smallest absolute Gasteiger partial charge is 0.162 e. The van der Waals surface area contributed by atoms with Crippen molar-refractivity contribution in [2.75, 3.05) is 11.1 Å². The van der Waals surface area contributed by atoms with Crippen molar-refractivity contribution in [1.82, 2.24) is 9.38 Å². The van der Waals surface area contributed by atoms with Crippen LogP contribution in [0.5, 0.6) is 0 Å². The first-order valence-corrected chi connectivity index (χ1v) is 7.51. The highest BCUT2D eigenvalue weighted by Gasteiger charge is 2.12. The summed E-state index contributed by atoms with van der Waals surface area (Å²) in [5.74, 6) is 0.